The molecule has 40 heavy (non-hydrogen) atoms. The number of ketones is 2. The van der Waals surface area contributed by atoms with Crippen molar-refractivity contribution in [1.82, 2.24) is 15.1 Å². The summed E-state index contributed by atoms with van der Waals surface area (Å²) in [5, 5.41) is 36.1. The van der Waals surface area contributed by atoms with Gasteiger partial charge in [-0.1, -0.05) is 11.6 Å². The summed E-state index contributed by atoms with van der Waals surface area (Å²) in [6.45, 7) is 3.71. The van der Waals surface area contributed by atoms with Crippen LogP contribution in [-0.2, 0) is 32.1 Å². The fraction of sp³-hybridized carbons (Fsp3) is 0.500. The number of benzene rings is 1. The monoisotopic (exact) mass is 574 g/mol. The van der Waals surface area contributed by atoms with E-state index in [-0.39, 0.29) is 47.2 Å². The zero-order valence-corrected chi connectivity index (χ0v) is 24.1. The topological polar surface area (TPSA) is 174 Å². The van der Waals surface area contributed by atoms with Gasteiger partial charge in [0.2, 0.25) is 5.91 Å². The highest BCUT2D eigenvalue weighted by Gasteiger charge is 2.56. The van der Waals surface area contributed by atoms with Crippen molar-refractivity contribution in [3.8, 4) is 5.75 Å². The second kappa shape index (κ2) is 10.2. The zero-order chi connectivity index (χ0) is 30.0. The average molecular weight is 575 g/mol. The second-order valence-electron chi connectivity index (χ2n) is 11.5. The SMILES string of the molecule is CNC(=O)C(C)(C)N(C)Cc1cc(O)c2c(c1Cl)C[C@H]1C[C@@H]3C(C(=O)C(C(N)=O)=C(O)[C@H]3N(C)C)C(=O)C1=C2O. The van der Waals surface area contributed by atoms with E-state index in [9.17, 15) is 34.5 Å². The summed E-state index contributed by atoms with van der Waals surface area (Å²) in [6, 6.07) is 0.569. The molecule has 216 valence electrons. The van der Waals surface area contributed by atoms with E-state index in [2.05, 4.69) is 5.32 Å². The first-order chi connectivity index (χ1) is 18.6. The number of Topliss-reactive ketones (excluding diaryl/α,β-unsaturated/α-hetero) is 2. The van der Waals surface area contributed by atoms with Crippen LogP contribution in [0.4, 0.5) is 0 Å². The van der Waals surface area contributed by atoms with E-state index in [0.717, 1.165) is 0 Å². The molecule has 0 aliphatic heterocycles. The molecule has 1 aromatic carbocycles. The van der Waals surface area contributed by atoms with Crippen LogP contribution in [0.3, 0.4) is 0 Å². The first kappa shape index (κ1) is 29.6. The van der Waals surface area contributed by atoms with Crippen molar-refractivity contribution in [3.63, 3.8) is 0 Å². The van der Waals surface area contributed by atoms with Crippen LogP contribution < -0.4 is 11.1 Å². The summed E-state index contributed by atoms with van der Waals surface area (Å²) in [5.41, 5.74) is 4.87. The van der Waals surface area contributed by atoms with Crippen LogP contribution in [0.25, 0.3) is 5.76 Å². The van der Waals surface area contributed by atoms with Crippen molar-refractivity contribution in [2.75, 3.05) is 28.2 Å². The highest BCUT2D eigenvalue weighted by molar-refractivity contribution is 6.33. The van der Waals surface area contributed by atoms with Crippen molar-refractivity contribution in [2.24, 2.45) is 23.5 Å². The largest absolute Gasteiger partial charge is 0.510 e. The Morgan fingerprint density at radius 3 is 2.33 bits per heavy atom. The number of carbonyl (C=O) groups excluding carboxylic acids is 4. The average Bonchev–Trinajstić information content (AvgIpc) is 2.85. The van der Waals surface area contributed by atoms with E-state index >= 15 is 0 Å². The molecule has 2 amide bonds. The molecule has 1 saturated carbocycles. The van der Waals surface area contributed by atoms with Gasteiger partial charge in [-0.15, -0.1) is 0 Å². The lowest BCUT2D eigenvalue weighted by Gasteiger charge is -2.46. The van der Waals surface area contributed by atoms with Gasteiger partial charge in [0.1, 0.15) is 22.8 Å². The molecular formula is C28H35ClN4O7. The van der Waals surface area contributed by atoms with E-state index in [4.69, 9.17) is 17.3 Å². The van der Waals surface area contributed by atoms with E-state index in [0.29, 0.717) is 11.1 Å². The van der Waals surface area contributed by atoms with Crippen molar-refractivity contribution in [1.29, 1.82) is 0 Å². The van der Waals surface area contributed by atoms with Crippen molar-refractivity contribution < 1.29 is 34.5 Å². The van der Waals surface area contributed by atoms with Crippen LogP contribution in [0, 0.1) is 17.8 Å². The number of phenols is 1. The second-order valence-corrected chi connectivity index (χ2v) is 11.9. The maximum absolute atomic E-state index is 13.8. The first-order valence-corrected chi connectivity index (χ1v) is 13.3. The van der Waals surface area contributed by atoms with Gasteiger partial charge >= 0.3 is 0 Å². The number of fused-ring (bicyclic) bond motifs is 3. The normalized spacial score (nSPS) is 24.7. The smallest absolute Gasteiger partial charge is 0.255 e. The number of halogens is 1. The van der Waals surface area contributed by atoms with Crippen LogP contribution in [0.1, 0.15) is 37.0 Å². The van der Waals surface area contributed by atoms with Crippen LogP contribution in [0.2, 0.25) is 5.02 Å². The summed E-state index contributed by atoms with van der Waals surface area (Å²) in [7, 11) is 6.62. The number of aliphatic hydroxyl groups is 2. The minimum Gasteiger partial charge on any atom is -0.510 e. The zero-order valence-electron chi connectivity index (χ0n) is 23.3. The quantitative estimate of drug-likeness (QED) is 0.249. The lowest BCUT2D eigenvalue weighted by molar-refractivity contribution is -0.137. The molecule has 4 atom stereocenters. The number of primary amides is 1. The summed E-state index contributed by atoms with van der Waals surface area (Å²) in [5.74, 6) is -6.67. The summed E-state index contributed by atoms with van der Waals surface area (Å²) < 4.78 is 0. The molecule has 6 N–H and O–H groups in total. The minimum absolute atomic E-state index is 0.0122. The molecule has 12 heteroatoms. The van der Waals surface area contributed by atoms with Gasteiger partial charge in [0.05, 0.1) is 23.1 Å². The molecule has 0 aromatic heterocycles. The maximum Gasteiger partial charge on any atom is 0.255 e. The van der Waals surface area contributed by atoms with Crippen molar-refractivity contribution in [2.45, 2.75) is 44.8 Å². The molecule has 3 aliphatic rings. The number of nitrogens with zero attached hydrogens (tertiary/aromatic N) is 2. The molecule has 1 fully saturated rings. The Balaban J connectivity index is 1.80. The van der Waals surface area contributed by atoms with E-state index < -0.39 is 63.9 Å². The van der Waals surface area contributed by atoms with E-state index in [1.807, 2.05) is 0 Å². The number of nitrogens with two attached hydrogens (primary N) is 1. The highest BCUT2D eigenvalue weighted by Crippen LogP contribution is 2.51. The van der Waals surface area contributed by atoms with Crippen molar-refractivity contribution >= 4 is 40.7 Å². The number of amides is 2. The molecule has 1 unspecified atom stereocenters. The molecule has 1 aromatic rings. The Kier molecular flexibility index (Phi) is 7.55. The summed E-state index contributed by atoms with van der Waals surface area (Å²) in [4.78, 5) is 54.9. The van der Waals surface area contributed by atoms with Gasteiger partial charge in [0.15, 0.2) is 11.6 Å². The number of hydrogen-bond acceptors (Lipinski definition) is 9. The lowest BCUT2D eigenvalue weighted by Crippen LogP contribution is -2.55. The van der Waals surface area contributed by atoms with Gasteiger partial charge in [-0.3, -0.25) is 29.0 Å². The molecule has 4 rings (SSSR count). The van der Waals surface area contributed by atoms with Crippen LogP contribution in [-0.4, -0.2) is 88.3 Å². The summed E-state index contributed by atoms with van der Waals surface area (Å²) >= 11 is 6.84. The molecule has 0 radical (unpaired) electrons. The van der Waals surface area contributed by atoms with Crippen LogP contribution in [0.15, 0.2) is 23.0 Å². The molecule has 11 nitrogen and oxygen atoms in total. The minimum atomic E-state index is -1.32. The van der Waals surface area contributed by atoms with Gasteiger partial charge in [-0.25, -0.2) is 0 Å². The highest BCUT2D eigenvalue weighted by atomic mass is 35.5. The number of rotatable bonds is 6. The predicted molar refractivity (Wildman–Crippen MR) is 147 cm³/mol. The van der Waals surface area contributed by atoms with Gasteiger partial charge in [0.25, 0.3) is 5.91 Å². The number of nitrogens with one attached hydrogen (secondary N) is 1. The van der Waals surface area contributed by atoms with Crippen molar-refractivity contribution in [3.05, 3.63) is 44.7 Å². The van der Waals surface area contributed by atoms with Gasteiger partial charge in [0, 0.05) is 24.2 Å². The number of aliphatic hydroxyl groups excluding tert-OH is 2. The Morgan fingerprint density at radius 1 is 1.15 bits per heavy atom. The van der Waals surface area contributed by atoms with Crippen LogP contribution >= 0.6 is 11.6 Å². The van der Waals surface area contributed by atoms with E-state index in [1.165, 1.54) is 6.07 Å². The van der Waals surface area contributed by atoms with Crippen LogP contribution in [0.5, 0.6) is 5.75 Å². The Labute approximate surface area is 237 Å². The summed E-state index contributed by atoms with van der Waals surface area (Å²) in [6.07, 6.45) is 0.415. The number of phenolic OH excluding ortho intramolecular Hbond substituents is 1. The Hall–Kier alpha value is -3.41. The lowest BCUT2D eigenvalue weighted by atomic mass is 9.59. The third-order valence-corrected chi connectivity index (χ3v) is 9.19. The molecule has 0 spiro atoms. The van der Waals surface area contributed by atoms with Gasteiger partial charge in [-0.2, -0.15) is 0 Å². The number of allylic oxidation sites excluding steroid dienone is 1. The molecule has 0 heterocycles. The fourth-order valence-corrected chi connectivity index (χ4v) is 6.70. The first-order valence-electron chi connectivity index (χ1n) is 12.9. The molecular weight excluding hydrogens is 540 g/mol. The number of aromatic hydroxyl groups is 1. The molecule has 3 aliphatic carbocycles. The van der Waals surface area contributed by atoms with Gasteiger partial charge in [-0.05, 0) is 76.9 Å². The maximum atomic E-state index is 13.8. The number of likely N-dealkylation sites (N-methyl/N-ethyl adjacent to an activating group) is 3. The number of carbonyl (C=O) groups is 4. The van der Waals surface area contributed by atoms with E-state index in [1.54, 1.807) is 51.8 Å². The molecule has 0 bridgehead atoms. The molecule has 0 saturated heterocycles. The third-order valence-electron chi connectivity index (χ3n) is 8.72. The third kappa shape index (κ3) is 4.36. The van der Waals surface area contributed by atoms with Gasteiger partial charge < -0.3 is 26.4 Å². The fourth-order valence-electron chi connectivity index (χ4n) is 6.42. The standard InChI is InChI=1S/C28H35ClN4O7/c1-28(2,27(40)31-3)33(6)10-12-9-15(34)17-13(20(12)29)7-11-8-14-18(23(36)16(11)22(17)35)24(37)19(26(30)39)25(38)21(14)32(4)5/h9,11,14,18,21,34-35,38H,7-8,10H2,1-6H3,(H2,30,39)(H,31,40)/t11-,14+,18?,21-/m0/s1. The predicted octanol–water partition coefficient (Wildman–Crippen LogP) is 1.46. The Bertz CT molecular complexity index is 1400. The number of hydrogen-bond donors (Lipinski definition) is 5. The Morgan fingerprint density at radius 2 is 1.77 bits per heavy atom.